The highest BCUT2D eigenvalue weighted by molar-refractivity contribution is 5.45. The molecule has 0 atom stereocenters. The average Bonchev–Trinajstić information content (AvgIpc) is 2.31. The van der Waals surface area contributed by atoms with Crippen LogP contribution >= 0.6 is 0 Å². The van der Waals surface area contributed by atoms with Gasteiger partial charge in [-0.3, -0.25) is 0 Å². The van der Waals surface area contributed by atoms with Crippen molar-refractivity contribution in [1.82, 2.24) is 0 Å². The van der Waals surface area contributed by atoms with Gasteiger partial charge in [0.15, 0.2) is 0 Å². The molecule has 0 saturated carbocycles. The normalized spacial score (nSPS) is 17.5. The maximum atomic E-state index is 5.78. The lowest BCUT2D eigenvalue weighted by atomic mass is 9.86. The molecular formula is C14H22N2O. The standard InChI is InChI=1S/C14H22N2O/c1-2-3-12-4-6-13(7-5-12)16-9-14(8-15)10-17-11-14/h4-7,16H,2-3,8-11,15H2,1H3. The van der Waals surface area contributed by atoms with Gasteiger partial charge < -0.3 is 15.8 Å². The van der Waals surface area contributed by atoms with Crippen molar-refractivity contribution in [1.29, 1.82) is 0 Å². The summed E-state index contributed by atoms with van der Waals surface area (Å²) in [7, 11) is 0. The average molecular weight is 234 g/mol. The lowest BCUT2D eigenvalue weighted by Gasteiger charge is -2.40. The lowest BCUT2D eigenvalue weighted by Crippen LogP contribution is -2.52. The summed E-state index contributed by atoms with van der Waals surface area (Å²) in [6.45, 7) is 5.35. The van der Waals surface area contributed by atoms with Gasteiger partial charge in [-0.05, 0) is 24.1 Å². The third-order valence-corrected chi connectivity index (χ3v) is 3.41. The molecule has 0 aromatic heterocycles. The van der Waals surface area contributed by atoms with Crippen LogP contribution in [0.25, 0.3) is 0 Å². The van der Waals surface area contributed by atoms with Crippen LogP contribution in [0.5, 0.6) is 0 Å². The van der Waals surface area contributed by atoms with Gasteiger partial charge in [-0.15, -0.1) is 0 Å². The molecule has 94 valence electrons. The molecule has 0 amide bonds. The van der Waals surface area contributed by atoms with Gasteiger partial charge in [0.1, 0.15) is 0 Å². The minimum atomic E-state index is 0.155. The Labute approximate surface area is 103 Å². The van der Waals surface area contributed by atoms with Crippen molar-refractivity contribution in [3.8, 4) is 0 Å². The van der Waals surface area contributed by atoms with E-state index < -0.39 is 0 Å². The van der Waals surface area contributed by atoms with Gasteiger partial charge in [0, 0.05) is 24.2 Å². The maximum Gasteiger partial charge on any atom is 0.0574 e. The van der Waals surface area contributed by atoms with Crippen LogP contribution in [-0.2, 0) is 11.2 Å². The van der Waals surface area contributed by atoms with Crippen LogP contribution in [0.2, 0.25) is 0 Å². The Morgan fingerprint density at radius 1 is 1.29 bits per heavy atom. The van der Waals surface area contributed by atoms with E-state index in [-0.39, 0.29) is 5.41 Å². The molecular weight excluding hydrogens is 212 g/mol. The first-order chi connectivity index (χ1) is 8.28. The molecule has 1 aromatic rings. The van der Waals surface area contributed by atoms with Gasteiger partial charge in [-0.2, -0.15) is 0 Å². The summed E-state index contributed by atoms with van der Waals surface area (Å²) in [5.41, 5.74) is 8.50. The van der Waals surface area contributed by atoms with E-state index in [1.165, 1.54) is 17.7 Å². The lowest BCUT2D eigenvalue weighted by molar-refractivity contribution is -0.0979. The fourth-order valence-electron chi connectivity index (χ4n) is 2.05. The van der Waals surface area contributed by atoms with Crippen molar-refractivity contribution in [3.05, 3.63) is 29.8 Å². The molecule has 1 aliphatic rings. The highest BCUT2D eigenvalue weighted by Gasteiger charge is 2.36. The van der Waals surface area contributed by atoms with Gasteiger partial charge in [0.05, 0.1) is 13.2 Å². The Kier molecular flexibility index (Phi) is 4.02. The van der Waals surface area contributed by atoms with Crippen molar-refractivity contribution in [3.63, 3.8) is 0 Å². The molecule has 0 bridgehead atoms. The van der Waals surface area contributed by atoms with Gasteiger partial charge in [-0.25, -0.2) is 0 Å². The van der Waals surface area contributed by atoms with E-state index in [2.05, 4.69) is 36.5 Å². The zero-order chi connectivity index (χ0) is 12.1. The zero-order valence-electron chi connectivity index (χ0n) is 10.5. The third-order valence-electron chi connectivity index (χ3n) is 3.41. The van der Waals surface area contributed by atoms with E-state index in [4.69, 9.17) is 10.5 Å². The van der Waals surface area contributed by atoms with Crippen LogP contribution in [-0.4, -0.2) is 26.3 Å². The smallest absolute Gasteiger partial charge is 0.0574 e. The first-order valence-corrected chi connectivity index (χ1v) is 6.39. The maximum absolute atomic E-state index is 5.78. The minimum absolute atomic E-state index is 0.155. The van der Waals surface area contributed by atoms with Gasteiger partial charge in [0.2, 0.25) is 0 Å². The summed E-state index contributed by atoms with van der Waals surface area (Å²) in [6, 6.07) is 8.68. The van der Waals surface area contributed by atoms with Crippen LogP contribution in [0.1, 0.15) is 18.9 Å². The second kappa shape index (κ2) is 5.52. The van der Waals surface area contributed by atoms with Gasteiger partial charge in [-0.1, -0.05) is 25.5 Å². The topological polar surface area (TPSA) is 47.3 Å². The molecule has 1 saturated heterocycles. The number of nitrogens with two attached hydrogens (primary N) is 1. The molecule has 0 spiro atoms. The third kappa shape index (κ3) is 2.99. The molecule has 0 unspecified atom stereocenters. The van der Waals surface area contributed by atoms with Crippen molar-refractivity contribution in [2.24, 2.45) is 11.1 Å². The number of benzene rings is 1. The van der Waals surface area contributed by atoms with Crippen molar-refractivity contribution < 1.29 is 4.74 Å². The molecule has 1 aliphatic heterocycles. The number of nitrogens with one attached hydrogen (secondary N) is 1. The van der Waals surface area contributed by atoms with Gasteiger partial charge >= 0.3 is 0 Å². The van der Waals surface area contributed by atoms with Crippen molar-refractivity contribution in [2.75, 3.05) is 31.6 Å². The van der Waals surface area contributed by atoms with E-state index in [1.54, 1.807) is 0 Å². The van der Waals surface area contributed by atoms with Crippen LogP contribution in [0.15, 0.2) is 24.3 Å². The van der Waals surface area contributed by atoms with Crippen LogP contribution in [0.4, 0.5) is 5.69 Å². The number of rotatable bonds is 6. The molecule has 1 heterocycles. The highest BCUT2D eigenvalue weighted by atomic mass is 16.5. The zero-order valence-corrected chi connectivity index (χ0v) is 10.5. The number of aryl methyl sites for hydroxylation is 1. The molecule has 0 radical (unpaired) electrons. The first kappa shape index (κ1) is 12.4. The predicted octanol–water partition coefficient (Wildman–Crippen LogP) is 2.03. The Morgan fingerprint density at radius 3 is 2.47 bits per heavy atom. The summed E-state index contributed by atoms with van der Waals surface area (Å²) < 4.78 is 5.25. The second-order valence-electron chi connectivity index (χ2n) is 5.00. The molecule has 3 heteroatoms. The summed E-state index contributed by atoms with van der Waals surface area (Å²) in [6.07, 6.45) is 2.35. The second-order valence-corrected chi connectivity index (χ2v) is 5.00. The molecule has 3 N–H and O–H groups in total. The molecule has 1 aromatic carbocycles. The predicted molar refractivity (Wildman–Crippen MR) is 71.2 cm³/mol. The van der Waals surface area contributed by atoms with Crippen molar-refractivity contribution in [2.45, 2.75) is 19.8 Å². The van der Waals surface area contributed by atoms with E-state index in [9.17, 15) is 0 Å². The summed E-state index contributed by atoms with van der Waals surface area (Å²) in [5, 5.41) is 3.45. The molecule has 1 fully saturated rings. The minimum Gasteiger partial charge on any atom is -0.384 e. The summed E-state index contributed by atoms with van der Waals surface area (Å²) >= 11 is 0. The Balaban J connectivity index is 1.86. The number of hydrogen-bond donors (Lipinski definition) is 2. The Hall–Kier alpha value is -1.06. The monoisotopic (exact) mass is 234 g/mol. The first-order valence-electron chi connectivity index (χ1n) is 6.39. The number of anilines is 1. The van der Waals surface area contributed by atoms with Crippen LogP contribution in [0, 0.1) is 5.41 Å². The SMILES string of the molecule is CCCc1ccc(NCC2(CN)COC2)cc1. The van der Waals surface area contributed by atoms with Crippen LogP contribution < -0.4 is 11.1 Å². The highest BCUT2D eigenvalue weighted by Crippen LogP contribution is 2.26. The Morgan fingerprint density at radius 2 is 2.00 bits per heavy atom. The van der Waals surface area contributed by atoms with Gasteiger partial charge in [0.25, 0.3) is 0 Å². The number of ether oxygens (including phenoxy) is 1. The van der Waals surface area contributed by atoms with Crippen LogP contribution in [0.3, 0.4) is 0 Å². The summed E-state index contributed by atoms with van der Waals surface area (Å²) in [5.74, 6) is 0. The Bertz CT molecular complexity index is 338. The number of hydrogen-bond acceptors (Lipinski definition) is 3. The van der Waals surface area contributed by atoms with Crippen molar-refractivity contribution >= 4 is 5.69 Å². The molecule has 2 rings (SSSR count). The molecule has 0 aliphatic carbocycles. The largest absolute Gasteiger partial charge is 0.384 e. The fourth-order valence-corrected chi connectivity index (χ4v) is 2.05. The summed E-state index contributed by atoms with van der Waals surface area (Å²) in [4.78, 5) is 0. The quantitative estimate of drug-likeness (QED) is 0.791. The molecule has 3 nitrogen and oxygen atoms in total. The van der Waals surface area contributed by atoms with E-state index >= 15 is 0 Å². The van der Waals surface area contributed by atoms with E-state index in [0.29, 0.717) is 6.54 Å². The van der Waals surface area contributed by atoms with E-state index in [0.717, 1.165) is 26.2 Å². The fraction of sp³-hybridized carbons (Fsp3) is 0.571. The van der Waals surface area contributed by atoms with E-state index in [1.807, 2.05) is 0 Å². The molecule has 17 heavy (non-hydrogen) atoms.